The number of hydrogen-bond acceptors (Lipinski definition) is 3. The maximum atomic E-state index is 11.3. The van der Waals surface area contributed by atoms with Crippen LogP contribution in [0.2, 0.25) is 0 Å². The summed E-state index contributed by atoms with van der Waals surface area (Å²) in [5.41, 5.74) is 2.05. The number of ether oxygens (including phenoxy) is 2. The Morgan fingerprint density at radius 2 is 1.83 bits per heavy atom. The van der Waals surface area contributed by atoms with Crippen molar-refractivity contribution in [3.05, 3.63) is 23.9 Å². The van der Waals surface area contributed by atoms with Crippen LogP contribution < -0.4 is 9.47 Å². The molecule has 18 heavy (non-hydrogen) atoms. The average molecular weight is 247 g/mol. The molecule has 0 saturated carbocycles. The molecule has 0 fully saturated rings. The zero-order chi connectivity index (χ0) is 13.3. The van der Waals surface area contributed by atoms with Crippen molar-refractivity contribution < 1.29 is 14.3 Å². The number of carbonyl (C=O) groups is 1. The molecular formula is C14H17NO3. The van der Waals surface area contributed by atoms with Crippen LogP contribution in [0.15, 0.2) is 18.3 Å². The number of aromatic nitrogens is 1. The molecule has 0 aliphatic heterocycles. The van der Waals surface area contributed by atoms with Crippen LogP contribution in [0, 0.1) is 0 Å². The second kappa shape index (κ2) is 4.72. The van der Waals surface area contributed by atoms with Gasteiger partial charge in [-0.1, -0.05) is 0 Å². The van der Waals surface area contributed by atoms with E-state index in [0.717, 1.165) is 16.5 Å². The highest BCUT2D eigenvalue weighted by atomic mass is 16.5. The molecule has 4 heteroatoms. The zero-order valence-corrected chi connectivity index (χ0v) is 11.1. The lowest BCUT2D eigenvalue weighted by atomic mass is 10.1. The van der Waals surface area contributed by atoms with E-state index in [0.29, 0.717) is 17.9 Å². The van der Waals surface area contributed by atoms with Crippen molar-refractivity contribution >= 4 is 16.7 Å². The predicted molar refractivity (Wildman–Crippen MR) is 70.4 cm³/mol. The number of methoxy groups -OCH3 is 2. The molecule has 2 rings (SSSR count). The molecule has 0 saturated heterocycles. The highest BCUT2D eigenvalue weighted by Gasteiger charge is 2.13. The van der Waals surface area contributed by atoms with Gasteiger partial charge in [-0.25, -0.2) is 0 Å². The minimum absolute atomic E-state index is 0.150. The molecule has 2 aromatic rings. The van der Waals surface area contributed by atoms with Crippen LogP contribution in [0.5, 0.6) is 11.5 Å². The number of aryl methyl sites for hydroxylation is 1. The van der Waals surface area contributed by atoms with Crippen molar-refractivity contribution in [3.63, 3.8) is 0 Å². The van der Waals surface area contributed by atoms with Crippen molar-refractivity contribution in [1.29, 1.82) is 0 Å². The van der Waals surface area contributed by atoms with Crippen LogP contribution in [-0.4, -0.2) is 24.6 Å². The number of carbonyl (C=O) groups excluding carboxylic acids is 1. The summed E-state index contributed by atoms with van der Waals surface area (Å²) in [4.78, 5) is 11.3. The van der Waals surface area contributed by atoms with Crippen molar-refractivity contribution in [2.45, 2.75) is 13.3 Å². The van der Waals surface area contributed by atoms with Crippen LogP contribution in [0.1, 0.15) is 12.5 Å². The first-order valence-corrected chi connectivity index (χ1v) is 5.76. The van der Waals surface area contributed by atoms with E-state index in [1.54, 1.807) is 21.1 Å². The van der Waals surface area contributed by atoms with Crippen LogP contribution in [0.3, 0.4) is 0 Å². The Morgan fingerprint density at radius 3 is 2.39 bits per heavy atom. The summed E-state index contributed by atoms with van der Waals surface area (Å²) in [5, 5.41) is 1.03. The number of fused-ring (bicyclic) bond motifs is 1. The van der Waals surface area contributed by atoms with E-state index in [-0.39, 0.29) is 5.78 Å². The zero-order valence-electron chi connectivity index (χ0n) is 11.1. The number of nitrogens with zero attached hydrogens (tertiary/aromatic N) is 1. The van der Waals surface area contributed by atoms with Crippen molar-refractivity contribution in [3.8, 4) is 11.5 Å². The third-order valence-corrected chi connectivity index (χ3v) is 3.02. The molecule has 96 valence electrons. The Kier molecular flexibility index (Phi) is 3.28. The highest BCUT2D eigenvalue weighted by Crippen LogP contribution is 2.34. The van der Waals surface area contributed by atoms with Crippen molar-refractivity contribution in [2.24, 2.45) is 7.05 Å². The maximum absolute atomic E-state index is 11.3. The molecule has 0 atom stereocenters. The van der Waals surface area contributed by atoms with Gasteiger partial charge in [0.25, 0.3) is 0 Å². The number of Topliss-reactive ketones (excluding diaryl/α,β-unsaturated/α-hetero) is 1. The lowest BCUT2D eigenvalue weighted by Crippen LogP contribution is -1.95. The Labute approximate surface area is 106 Å². The van der Waals surface area contributed by atoms with Crippen LogP contribution in [0.4, 0.5) is 0 Å². The summed E-state index contributed by atoms with van der Waals surface area (Å²) >= 11 is 0. The van der Waals surface area contributed by atoms with E-state index >= 15 is 0 Å². The SMILES string of the molecule is COc1cc2c(CC(C)=O)cn(C)c2cc1OC. The Balaban J connectivity index is 2.66. The third kappa shape index (κ3) is 2.06. The molecular weight excluding hydrogens is 230 g/mol. The van der Waals surface area contributed by atoms with Gasteiger partial charge in [-0.3, -0.25) is 4.79 Å². The molecule has 1 heterocycles. The predicted octanol–water partition coefficient (Wildman–Crippen LogP) is 2.33. The molecule has 0 aliphatic rings. The van der Waals surface area contributed by atoms with E-state index in [4.69, 9.17) is 9.47 Å². The molecule has 1 aromatic carbocycles. The average Bonchev–Trinajstić information content (AvgIpc) is 2.63. The fraction of sp³-hybridized carbons (Fsp3) is 0.357. The van der Waals surface area contributed by atoms with E-state index in [9.17, 15) is 4.79 Å². The van der Waals surface area contributed by atoms with Crippen LogP contribution >= 0.6 is 0 Å². The van der Waals surface area contributed by atoms with Gasteiger partial charge in [-0.05, 0) is 18.6 Å². The summed E-state index contributed by atoms with van der Waals surface area (Å²) in [5.74, 6) is 1.53. The summed E-state index contributed by atoms with van der Waals surface area (Å²) in [6, 6.07) is 3.85. The Bertz CT molecular complexity index is 599. The quantitative estimate of drug-likeness (QED) is 0.832. The molecule has 4 nitrogen and oxygen atoms in total. The van der Waals surface area contributed by atoms with Crippen LogP contribution in [0.25, 0.3) is 10.9 Å². The van der Waals surface area contributed by atoms with E-state index in [1.807, 2.05) is 29.9 Å². The fourth-order valence-electron chi connectivity index (χ4n) is 2.20. The number of benzene rings is 1. The monoisotopic (exact) mass is 247 g/mol. The number of rotatable bonds is 4. The first-order chi connectivity index (χ1) is 8.56. The van der Waals surface area contributed by atoms with Gasteiger partial charge in [0.1, 0.15) is 5.78 Å². The van der Waals surface area contributed by atoms with Gasteiger partial charge in [-0.15, -0.1) is 0 Å². The first kappa shape index (κ1) is 12.5. The maximum Gasteiger partial charge on any atom is 0.162 e. The molecule has 0 aliphatic carbocycles. The molecule has 0 radical (unpaired) electrons. The largest absolute Gasteiger partial charge is 0.493 e. The van der Waals surface area contributed by atoms with E-state index in [2.05, 4.69) is 0 Å². The van der Waals surface area contributed by atoms with Gasteiger partial charge in [-0.2, -0.15) is 0 Å². The highest BCUT2D eigenvalue weighted by molar-refractivity contribution is 5.91. The second-order valence-corrected chi connectivity index (χ2v) is 4.37. The van der Waals surface area contributed by atoms with Crippen molar-refractivity contribution in [1.82, 2.24) is 4.57 Å². The van der Waals surface area contributed by atoms with Gasteiger partial charge in [0.15, 0.2) is 11.5 Å². The summed E-state index contributed by atoms with van der Waals surface area (Å²) < 4.78 is 12.6. The van der Waals surface area contributed by atoms with E-state index in [1.165, 1.54) is 0 Å². The Morgan fingerprint density at radius 1 is 1.22 bits per heavy atom. The Hall–Kier alpha value is -1.97. The van der Waals surface area contributed by atoms with Gasteiger partial charge in [0.2, 0.25) is 0 Å². The summed E-state index contributed by atoms with van der Waals surface area (Å²) in [6.07, 6.45) is 2.41. The minimum Gasteiger partial charge on any atom is -0.493 e. The molecule has 0 bridgehead atoms. The number of hydrogen-bond donors (Lipinski definition) is 0. The lowest BCUT2D eigenvalue weighted by Gasteiger charge is -2.08. The standard InChI is InChI=1S/C14H17NO3/c1-9(16)5-10-8-15(2)12-7-14(18-4)13(17-3)6-11(10)12/h6-8H,5H2,1-4H3. The van der Waals surface area contributed by atoms with Crippen molar-refractivity contribution in [2.75, 3.05) is 14.2 Å². The minimum atomic E-state index is 0.150. The molecule has 0 unspecified atom stereocenters. The van der Waals surface area contributed by atoms with Gasteiger partial charge in [0, 0.05) is 31.1 Å². The van der Waals surface area contributed by atoms with Gasteiger partial charge < -0.3 is 14.0 Å². The topological polar surface area (TPSA) is 40.5 Å². The fourth-order valence-corrected chi connectivity index (χ4v) is 2.20. The molecule has 0 amide bonds. The smallest absolute Gasteiger partial charge is 0.162 e. The molecule has 1 aromatic heterocycles. The summed E-state index contributed by atoms with van der Waals surface area (Å²) in [7, 11) is 5.18. The van der Waals surface area contributed by atoms with Gasteiger partial charge >= 0.3 is 0 Å². The van der Waals surface area contributed by atoms with Crippen LogP contribution in [-0.2, 0) is 18.3 Å². The molecule has 0 N–H and O–H groups in total. The third-order valence-electron chi connectivity index (χ3n) is 3.02. The molecule has 0 spiro atoms. The normalized spacial score (nSPS) is 10.7. The number of ketones is 1. The first-order valence-electron chi connectivity index (χ1n) is 5.76. The second-order valence-electron chi connectivity index (χ2n) is 4.37. The van der Waals surface area contributed by atoms with Gasteiger partial charge in [0.05, 0.1) is 19.7 Å². The van der Waals surface area contributed by atoms with E-state index < -0.39 is 0 Å². The summed E-state index contributed by atoms with van der Waals surface area (Å²) in [6.45, 7) is 1.60. The lowest BCUT2D eigenvalue weighted by molar-refractivity contribution is -0.116.